The third-order valence-electron chi connectivity index (χ3n) is 2.99. The summed E-state index contributed by atoms with van der Waals surface area (Å²) in [4.78, 5) is 23.1. The van der Waals surface area contributed by atoms with Crippen LogP contribution in [0.3, 0.4) is 0 Å². The third-order valence-corrected chi connectivity index (χ3v) is 2.99. The van der Waals surface area contributed by atoms with Crippen molar-refractivity contribution in [2.45, 2.75) is 26.7 Å². The minimum Gasteiger partial charge on any atom is -0.463 e. The molecule has 0 atom stereocenters. The lowest BCUT2D eigenvalue weighted by Crippen LogP contribution is -2.16. The van der Waals surface area contributed by atoms with Crippen molar-refractivity contribution in [3.8, 4) is 0 Å². The lowest BCUT2D eigenvalue weighted by atomic mass is 10.1. The van der Waals surface area contributed by atoms with Crippen molar-refractivity contribution in [3.63, 3.8) is 0 Å². The molecule has 0 aliphatic rings. The van der Waals surface area contributed by atoms with E-state index < -0.39 is 5.97 Å². The predicted octanol–water partition coefficient (Wildman–Crippen LogP) is 2.21. The molecule has 0 bridgehead atoms. The molecular formula is C15H21NO4. The van der Waals surface area contributed by atoms with Gasteiger partial charge in [0.2, 0.25) is 5.91 Å². The third kappa shape index (κ3) is 5.40. The van der Waals surface area contributed by atoms with Crippen LogP contribution in [0.2, 0.25) is 0 Å². The number of amides is 1. The summed E-state index contributed by atoms with van der Waals surface area (Å²) in [5, 5.41) is 2.80. The van der Waals surface area contributed by atoms with Gasteiger partial charge in [0.15, 0.2) is 0 Å². The van der Waals surface area contributed by atoms with E-state index in [1.807, 2.05) is 32.0 Å². The number of rotatable bonds is 7. The van der Waals surface area contributed by atoms with Gasteiger partial charge in [-0.3, -0.25) is 9.59 Å². The van der Waals surface area contributed by atoms with E-state index in [1.54, 1.807) is 0 Å². The molecule has 110 valence electrons. The fourth-order valence-corrected chi connectivity index (χ4v) is 1.63. The molecule has 0 fully saturated rings. The summed E-state index contributed by atoms with van der Waals surface area (Å²) in [6.07, 6.45) is 0.180. The molecule has 0 saturated carbocycles. The fourth-order valence-electron chi connectivity index (χ4n) is 1.63. The highest BCUT2D eigenvalue weighted by atomic mass is 16.6. The molecule has 0 heterocycles. The minimum atomic E-state index is -0.391. The number of carbonyl (C=O) groups is 2. The Morgan fingerprint density at radius 1 is 1.15 bits per heavy atom. The zero-order valence-electron chi connectivity index (χ0n) is 12.2. The molecule has 20 heavy (non-hydrogen) atoms. The molecule has 0 spiro atoms. The summed E-state index contributed by atoms with van der Waals surface area (Å²) < 4.78 is 9.65. The van der Waals surface area contributed by atoms with Crippen LogP contribution in [0.5, 0.6) is 0 Å². The number of hydrogen-bond acceptors (Lipinski definition) is 4. The first-order valence-electron chi connectivity index (χ1n) is 6.55. The molecule has 1 N–H and O–H groups in total. The number of carbonyl (C=O) groups excluding carboxylic acids is 2. The van der Waals surface area contributed by atoms with Gasteiger partial charge in [-0.15, -0.1) is 0 Å². The van der Waals surface area contributed by atoms with Crippen LogP contribution in [0.25, 0.3) is 0 Å². The molecule has 0 saturated heterocycles. The summed E-state index contributed by atoms with van der Waals surface area (Å²) in [5.74, 6) is -0.583. The van der Waals surface area contributed by atoms with Crippen molar-refractivity contribution in [2.75, 3.05) is 25.6 Å². The smallest absolute Gasteiger partial charge is 0.306 e. The van der Waals surface area contributed by atoms with Gasteiger partial charge in [-0.1, -0.05) is 12.1 Å². The van der Waals surface area contributed by atoms with E-state index in [2.05, 4.69) is 5.32 Å². The molecular weight excluding hydrogens is 258 g/mol. The predicted molar refractivity (Wildman–Crippen MR) is 76.6 cm³/mol. The Hall–Kier alpha value is -1.88. The first-order chi connectivity index (χ1) is 9.54. The highest BCUT2D eigenvalue weighted by molar-refractivity contribution is 5.93. The van der Waals surface area contributed by atoms with Crippen molar-refractivity contribution in [1.82, 2.24) is 0 Å². The second-order valence-corrected chi connectivity index (χ2v) is 4.51. The van der Waals surface area contributed by atoms with Gasteiger partial charge in [-0.2, -0.15) is 0 Å². The molecule has 0 radical (unpaired) electrons. The van der Waals surface area contributed by atoms with Crippen molar-refractivity contribution in [1.29, 1.82) is 0 Å². The molecule has 5 nitrogen and oxygen atoms in total. The average molecular weight is 279 g/mol. The maximum Gasteiger partial charge on any atom is 0.306 e. The van der Waals surface area contributed by atoms with Gasteiger partial charge in [0.05, 0.1) is 13.0 Å². The molecule has 0 aromatic heterocycles. The van der Waals surface area contributed by atoms with Gasteiger partial charge in [-0.25, -0.2) is 0 Å². The van der Waals surface area contributed by atoms with E-state index in [4.69, 9.17) is 9.47 Å². The van der Waals surface area contributed by atoms with Crippen LogP contribution in [0.1, 0.15) is 24.0 Å². The van der Waals surface area contributed by atoms with Gasteiger partial charge >= 0.3 is 5.97 Å². The van der Waals surface area contributed by atoms with E-state index >= 15 is 0 Å². The van der Waals surface area contributed by atoms with E-state index in [1.165, 1.54) is 7.11 Å². The van der Waals surface area contributed by atoms with Crippen LogP contribution < -0.4 is 5.32 Å². The SMILES string of the molecule is COCCOC(=O)CCC(=O)Nc1cccc(C)c1C. The van der Waals surface area contributed by atoms with Crippen LogP contribution in [0.4, 0.5) is 5.69 Å². The van der Waals surface area contributed by atoms with Gasteiger partial charge in [-0.05, 0) is 31.0 Å². The first kappa shape index (κ1) is 16.2. The molecule has 0 aliphatic heterocycles. The molecule has 0 aliphatic carbocycles. The van der Waals surface area contributed by atoms with E-state index in [0.29, 0.717) is 6.61 Å². The Morgan fingerprint density at radius 3 is 2.60 bits per heavy atom. The Morgan fingerprint density at radius 2 is 1.90 bits per heavy atom. The van der Waals surface area contributed by atoms with Crippen LogP contribution in [0, 0.1) is 13.8 Å². The van der Waals surface area contributed by atoms with Crippen molar-refractivity contribution in [2.24, 2.45) is 0 Å². The van der Waals surface area contributed by atoms with E-state index in [9.17, 15) is 9.59 Å². The fraction of sp³-hybridized carbons (Fsp3) is 0.467. The standard InChI is InChI=1S/C15H21NO4/c1-11-5-4-6-13(12(11)2)16-14(17)7-8-15(18)20-10-9-19-3/h4-6H,7-10H2,1-3H3,(H,16,17). The summed E-state index contributed by atoms with van der Waals surface area (Å²) >= 11 is 0. The van der Waals surface area contributed by atoms with Crippen LogP contribution in [-0.2, 0) is 19.1 Å². The normalized spacial score (nSPS) is 10.2. The maximum atomic E-state index is 11.8. The number of hydrogen-bond donors (Lipinski definition) is 1. The van der Waals surface area contributed by atoms with Crippen molar-refractivity contribution < 1.29 is 19.1 Å². The van der Waals surface area contributed by atoms with E-state index in [0.717, 1.165) is 16.8 Å². The van der Waals surface area contributed by atoms with Crippen LogP contribution in [-0.4, -0.2) is 32.2 Å². The highest BCUT2D eigenvalue weighted by Crippen LogP contribution is 2.18. The van der Waals surface area contributed by atoms with Crippen molar-refractivity contribution >= 4 is 17.6 Å². The van der Waals surface area contributed by atoms with Gasteiger partial charge in [0.1, 0.15) is 6.61 Å². The molecule has 1 amide bonds. The number of methoxy groups -OCH3 is 1. The first-order valence-corrected chi connectivity index (χ1v) is 6.55. The Balaban J connectivity index is 2.37. The largest absolute Gasteiger partial charge is 0.463 e. The number of benzene rings is 1. The zero-order chi connectivity index (χ0) is 15.0. The number of anilines is 1. The summed E-state index contributed by atoms with van der Waals surface area (Å²) in [6.45, 7) is 4.51. The number of nitrogens with one attached hydrogen (secondary N) is 1. The topological polar surface area (TPSA) is 64.6 Å². The van der Waals surface area contributed by atoms with Crippen molar-refractivity contribution in [3.05, 3.63) is 29.3 Å². The number of ether oxygens (including phenoxy) is 2. The van der Waals surface area contributed by atoms with E-state index in [-0.39, 0.29) is 25.4 Å². The second-order valence-electron chi connectivity index (χ2n) is 4.51. The average Bonchev–Trinajstić information content (AvgIpc) is 2.42. The van der Waals surface area contributed by atoms with Gasteiger partial charge in [0, 0.05) is 19.2 Å². The van der Waals surface area contributed by atoms with Gasteiger partial charge in [0.25, 0.3) is 0 Å². The Kier molecular flexibility index (Phi) is 6.73. The maximum absolute atomic E-state index is 11.8. The molecule has 1 rings (SSSR count). The molecule has 0 unspecified atom stereocenters. The van der Waals surface area contributed by atoms with Gasteiger partial charge < -0.3 is 14.8 Å². The Labute approximate surface area is 119 Å². The second kappa shape index (κ2) is 8.32. The van der Waals surface area contributed by atoms with Crippen LogP contribution >= 0.6 is 0 Å². The summed E-state index contributed by atoms with van der Waals surface area (Å²) in [7, 11) is 1.53. The Bertz CT molecular complexity index is 471. The molecule has 1 aromatic carbocycles. The zero-order valence-corrected chi connectivity index (χ0v) is 12.2. The number of esters is 1. The number of aryl methyl sites for hydroxylation is 1. The van der Waals surface area contributed by atoms with Crippen LogP contribution in [0.15, 0.2) is 18.2 Å². The highest BCUT2D eigenvalue weighted by Gasteiger charge is 2.09. The monoisotopic (exact) mass is 279 g/mol. The lowest BCUT2D eigenvalue weighted by Gasteiger charge is -2.10. The quantitative estimate of drug-likeness (QED) is 0.614. The molecule has 5 heteroatoms. The minimum absolute atomic E-state index is 0.0699. The lowest BCUT2D eigenvalue weighted by molar-refractivity contribution is -0.145. The summed E-state index contributed by atoms with van der Waals surface area (Å²) in [5.41, 5.74) is 2.92. The molecule has 1 aromatic rings. The summed E-state index contributed by atoms with van der Waals surface area (Å²) in [6, 6.07) is 5.71.